The van der Waals surface area contributed by atoms with E-state index < -0.39 is 28.9 Å². The molecule has 1 atom stereocenters. The van der Waals surface area contributed by atoms with Crippen LogP contribution in [0.1, 0.15) is 30.2 Å². The normalized spacial score (nSPS) is 15.2. The monoisotopic (exact) mass is 549 g/mol. The van der Waals surface area contributed by atoms with Crippen molar-refractivity contribution in [2.75, 3.05) is 31.5 Å². The van der Waals surface area contributed by atoms with E-state index in [-0.39, 0.29) is 45.1 Å². The Kier molecular flexibility index (Phi) is 10.00. The van der Waals surface area contributed by atoms with Gasteiger partial charge in [0.2, 0.25) is 5.84 Å². The van der Waals surface area contributed by atoms with Crippen molar-refractivity contribution < 1.29 is 36.6 Å². The SMILES string of the molecule is CCOC(C)=O.COc1ccc(F)c(C2SCC(=N)N(C(=N)C(F)(F)F)c3ccc(Cl)cc32)c1OC. The number of nitrogens with one attached hydrogen (secondary N) is 2. The van der Waals surface area contributed by atoms with Gasteiger partial charge in [0.1, 0.15) is 11.7 Å². The molecular weight excluding hydrogens is 526 g/mol. The predicted molar refractivity (Wildman–Crippen MR) is 132 cm³/mol. The zero-order valence-corrected chi connectivity index (χ0v) is 21.3. The number of methoxy groups -OCH3 is 2. The van der Waals surface area contributed by atoms with Gasteiger partial charge in [-0.3, -0.25) is 20.5 Å². The molecule has 1 unspecified atom stereocenters. The van der Waals surface area contributed by atoms with Gasteiger partial charge in [0.05, 0.1) is 43.1 Å². The Hall–Kier alpha value is -2.99. The Balaban J connectivity index is 0.000000678. The van der Waals surface area contributed by atoms with Gasteiger partial charge in [0.25, 0.3) is 0 Å². The second kappa shape index (κ2) is 12.3. The first-order valence-electron chi connectivity index (χ1n) is 10.3. The zero-order chi connectivity index (χ0) is 27.2. The smallest absolute Gasteiger partial charge is 0.449 e. The molecule has 2 aromatic rings. The highest BCUT2D eigenvalue weighted by Crippen LogP contribution is 2.50. The van der Waals surface area contributed by atoms with Crippen LogP contribution in [0.5, 0.6) is 11.5 Å². The maximum Gasteiger partial charge on any atom is 0.449 e. The average Bonchev–Trinajstić information content (AvgIpc) is 2.93. The van der Waals surface area contributed by atoms with Crippen LogP contribution in [-0.2, 0) is 9.53 Å². The number of carbonyl (C=O) groups is 1. The number of esters is 1. The van der Waals surface area contributed by atoms with Crippen molar-refractivity contribution in [3.05, 3.63) is 52.3 Å². The number of hydrogen-bond donors (Lipinski definition) is 2. The van der Waals surface area contributed by atoms with E-state index in [2.05, 4.69) is 4.74 Å². The first kappa shape index (κ1) is 29.2. The number of ether oxygens (including phenoxy) is 3. The number of thioether (sulfide) groups is 1. The van der Waals surface area contributed by atoms with Crippen LogP contribution in [0.2, 0.25) is 5.02 Å². The summed E-state index contributed by atoms with van der Waals surface area (Å²) in [6, 6.07) is 6.60. The Morgan fingerprint density at radius 2 is 1.89 bits per heavy atom. The minimum absolute atomic E-state index is 0.0542. The fraction of sp³-hybridized carbons (Fsp3) is 0.348. The number of halogens is 5. The highest BCUT2D eigenvalue weighted by molar-refractivity contribution is 8.00. The number of alkyl halides is 3. The van der Waals surface area contributed by atoms with Crippen LogP contribution in [0.4, 0.5) is 23.2 Å². The zero-order valence-electron chi connectivity index (χ0n) is 19.8. The Labute approximate surface area is 214 Å². The molecule has 2 aromatic carbocycles. The molecule has 36 heavy (non-hydrogen) atoms. The van der Waals surface area contributed by atoms with Crippen molar-refractivity contribution in [3.63, 3.8) is 0 Å². The summed E-state index contributed by atoms with van der Waals surface area (Å²) < 4.78 is 69.9. The minimum Gasteiger partial charge on any atom is -0.493 e. The largest absolute Gasteiger partial charge is 0.493 e. The second-order valence-corrected chi connectivity index (χ2v) is 8.67. The van der Waals surface area contributed by atoms with E-state index in [0.717, 1.165) is 11.8 Å². The average molecular weight is 550 g/mol. The maximum absolute atomic E-state index is 14.9. The van der Waals surface area contributed by atoms with Crippen molar-refractivity contribution in [1.29, 1.82) is 10.8 Å². The van der Waals surface area contributed by atoms with Crippen LogP contribution in [-0.4, -0.2) is 50.4 Å². The molecular formula is C23H24ClF4N3O4S. The molecule has 13 heteroatoms. The predicted octanol–water partition coefficient (Wildman–Crippen LogP) is 6.23. The molecule has 7 nitrogen and oxygen atoms in total. The van der Waals surface area contributed by atoms with Crippen LogP contribution < -0.4 is 14.4 Å². The molecule has 0 saturated heterocycles. The number of amidine groups is 2. The molecule has 3 rings (SSSR count). The molecule has 0 amide bonds. The van der Waals surface area contributed by atoms with E-state index in [1.54, 1.807) is 6.92 Å². The topological polar surface area (TPSA) is 95.7 Å². The van der Waals surface area contributed by atoms with E-state index in [1.807, 2.05) is 0 Å². The van der Waals surface area contributed by atoms with Crippen molar-refractivity contribution in [2.24, 2.45) is 0 Å². The number of anilines is 1. The lowest BCUT2D eigenvalue weighted by Gasteiger charge is -2.27. The highest BCUT2D eigenvalue weighted by atomic mass is 35.5. The first-order valence-corrected chi connectivity index (χ1v) is 11.8. The number of nitrogens with zero attached hydrogens (tertiary/aromatic N) is 1. The number of fused-ring (bicyclic) bond motifs is 1. The summed E-state index contributed by atoms with van der Waals surface area (Å²) in [7, 11) is 2.71. The number of hydrogen-bond acceptors (Lipinski definition) is 7. The van der Waals surface area contributed by atoms with Gasteiger partial charge in [-0.1, -0.05) is 11.6 Å². The molecule has 1 heterocycles. The molecule has 196 valence electrons. The number of rotatable bonds is 4. The van der Waals surface area contributed by atoms with Gasteiger partial charge >= 0.3 is 12.1 Å². The number of carbonyl (C=O) groups excluding carboxylic acids is 1. The summed E-state index contributed by atoms with van der Waals surface area (Å²) >= 11 is 7.13. The van der Waals surface area contributed by atoms with Gasteiger partial charge in [0.15, 0.2) is 11.5 Å². The fourth-order valence-electron chi connectivity index (χ4n) is 3.40. The maximum atomic E-state index is 14.9. The van der Waals surface area contributed by atoms with Crippen molar-refractivity contribution >= 4 is 46.7 Å². The van der Waals surface area contributed by atoms with Crippen molar-refractivity contribution in [2.45, 2.75) is 25.3 Å². The molecule has 0 aliphatic carbocycles. The van der Waals surface area contributed by atoms with Crippen LogP contribution in [0.15, 0.2) is 30.3 Å². The Morgan fingerprint density at radius 3 is 2.39 bits per heavy atom. The molecule has 0 saturated carbocycles. The van der Waals surface area contributed by atoms with E-state index in [1.165, 1.54) is 51.5 Å². The van der Waals surface area contributed by atoms with Crippen LogP contribution >= 0.6 is 23.4 Å². The fourth-order valence-corrected chi connectivity index (χ4v) is 4.79. The first-order chi connectivity index (χ1) is 16.9. The summed E-state index contributed by atoms with van der Waals surface area (Å²) in [4.78, 5) is 10.3. The van der Waals surface area contributed by atoms with Crippen LogP contribution in [0, 0.1) is 16.6 Å². The third kappa shape index (κ3) is 6.61. The standard InChI is InChI=1S/C19H16ClF4N3O2S.C4H8O2/c1-28-13-6-4-11(21)15(16(13)29-2)17-10-7-9(20)3-5-12(10)27(14(25)8-30-17)18(26)19(22,23)24;1-3-6-4(2)5/h3-7,17,25-26H,8H2,1-2H3;3H2,1-2H3. The molecule has 0 aromatic heterocycles. The Morgan fingerprint density at radius 1 is 1.22 bits per heavy atom. The van der Waals surface area contributed by atoms with E-state index in [9.17, 15) is 22.4 Å². The second-order valence-electron chi connectivity index (χ2n) is 7.14. The van der Waals surface area contributed by atoms with Gasteiger partial charge in [-0.25, -0.2) is 4.39 Å². The molecule has 1 aliphatic heterocycles. The lowest BCUT2D eigenvalue weighted by molar-refractivity contribution is -0.140. The van der Waals surface area contributed by atoms with Crippen molar-refractivity contribution in [3.8, 4) is 11.5 Å². The minimum atomic E-state index is -4.98. The van der Waals surface area contributed by atoms with Gasteiger partial charge in [-0.15, -0.1) is 11.8 Å². The summed E-state index contributed by atoms with van der Waals surface area (Å²) in [6.07, 6.45) is -4.98. The van der Waals surface area contributed by atoms with Crippen LogP contribution in [0.25, 0.3) is 0 Å². The molecule has 0 fully saturated rings. The van der Waals surface area contributed by atoms with Gasteiger partial charge in [-0.05, 0) is 42.8 Å². The van der Waals surface area contributed by atoms with Gasteiger partial charge in [0, 0.05) is 11.9 Å². The molecule has 0 radical (unpaired) electrons. The summed E-state index contributed by atoms with van der Waals surface area (Å²) in [5.74, 6) is -2.91. The van der Waals surface area contributed by atoms with E-state index in [0.29, 0.717) is 11.5 Å². The van der Waals surface area contributed by atoms with E-state index in [4.69, 9.17) is 31.9 Å². The Bertz CT molecular complexity index is 1150. The van der Waals surface area contributed by atoms with Crippen LogP contribution in [0.3, 0.4) is 0 Å². The summed E-state index contributed by atoms with van der Waals surface area (Å²) in [5, 5.41) is 15.1. The summed E-state index contributed by atoms with van der Waals surface area (Å²) in [5.41, 5.74) is 0.193. The molecule has 0 spiro atoms. The third-order valence-electron chi connectivity index (χ3n) is 4.80. The molecule has 1 aliphatic rings. The third-order valence-corrected chi connectivity index (χ3v) is 6.30. The van der Waals surface area contributed by atoms with Crippen molar-refractivity contribution in [1.82, 2.24) is 0 Å². The number of benzene rings is 2. The summed E-state index contributed by atoms with van der Waals surface area (Å²) in [6.45, 7) is 3.65. The molecule has 0 bridgehead atoms. The van der Waals surface area contributed by atoms with E-state index >= 15 is 0 Å². The lowest BCUT2D eigenvalue weighted by Crippen LogP contribution is -2.45. The highest BCUT2D eigenvalue weighted by Gasteiger charge is 2.43. The lowest BCUT2D eigenvalue weighted by atomic mass is 9.99. The molecule has 2 N–H and O–H groups in total. The quantitative estimate of drug-likeness (QED) is 0.203. The van der Waals surface area contributed by atoms with Gasteiger partial charge < -0.3 is 14.2 Å². The van der Waals surface area contributed by atoms with Gasteiger partial charge in [-0.2, -0.15) is 13.2 Å².